The second kappa shape index (κ2) is 8.74. The Balaban J connectivity index is 1.47. The van der Waals surface area contributed by atoms with Gasteiger partial charge in [0, 0.05) is 70.2 Å². The quantitative estimate of drug-likeness (QED) is 0.694. The fourth-order valence-corrected chi connectivity index (χ4v) is 5.75. The van der Waals surface area contributed by atoms with Crippen molar-refractivity contribution in [2.45, 2.75) is 51.0 Å². The second-order valence-electron chi connectivity index (χ2n) is 8.81. The van der Waals surface area contributed by atoms with Crippen LogP contribution in [0.4, 0.5) is 11.8 Å². The molecule has 0 aromatic carbocycles. The first-order chi connectivity index (χ1) is 14.8. The minimum atomic E-state index is -3.60. The number of rotatable bonds is 5. The van der Waals surface area contributed by atoms with E-state index in [0.29, 0.717) is 26.2 Å². The molecular weight excluding hydrogens is 414 g/mol. The van der Waals surface area contributed by atoms with Gasteiger partial charge in [0.15, 0.2) is 5.03 Å². The van der Waals surface area contributed by atoms with E-state index in [4.69, 9.17) is 4.98 Å². The fourth-order valence-electron chi connectivity index (χ4n) is 4.34. The molecule has 170 valence electrons. The lowest BCUT2D eigenvalue weighted by Gasteiger charge is -2.35. The van der Waals surface area contributed by atoms with Gasteiger partial charge in [0.05, 0.1) is 0 Å². The normalized spacial score (nSPS) is 18.7. The summed E-state index contributed by atoms with van der Waals surface area (Å²) in [6, 6.07) is 1.99. The van der Waals surface area contributed by atoms with Crippen molar-refractivity contribution in [2.75, 3.05) is 49.1 Å². The first-order valence-corrected chi connectivity index (χ1v) is 12.6. The van der Waals surface area contributed by atoms with E-state index >= 15 is 0 Å². The van der Waals surface area contributed by atoms with E-state index in [1.165, 1.54) is 23.6 Å². The van der Waals surface area contributed by atoms with E-state index in [1.54, 1.807) is 10.8 Å². The molecule has 0 aliphatic carbocycles. The Hall–Kier alpha value is -2.20. The lowest BCUT2D eigenvalue weighted by Crippen LogP contribution is -2.49. The second-order valence-corrected chi connectivity index (χ2v) is 10.7. The highest BCUT2D eigenvalue weighted by Crippen LogP contribution is 2.24. The number of aryl methyl sites for hydroxylation is 2. The largest absolute Gasteiger partial charge is 0.354 e. The van der Waals surface area contributed by atoms with Gasteiger partial charge >= 0.3 is 0 Å². The minimum Gasteiger partial charge on any atom is -0.354 e. The number of anilines is 2. The lowest BCUT2D eigenvalue weighted by molar-refractivity contribution is 0.382. The van der Waals surface area contributed by atoms with Crippen molar-refractivity contribution in [3.63, 3.8) is 0 Å². The zero-order chi connectivity index (χ0) is 22.2. The molecule has 2 aliphatic rings. The Morgan fingerprint density at radius 2 is 1.58 bits per heavy atom. The molecule has 0 amide bonds. The van der Waals surface area contributed by atoms with Crippen LogP contribution in [-0.4, -0.2) is 71.5 Å². The molecule has 2 fully saturated rings. The van der Waals surface area contributed by atoms with Crippen LogP contribution in [0.15, 0.2) is 17.3 Å². The molecule has 0 N–H and O–H groups in total. The molecule has 0 bridgehead atoms. The Morgan fingerprint density at radius 3 is 2.19 bits per heavy atom. The van der Waals surface area contributed by atoms with Crippen molar-refractivity contribution in [2.24, 2.45) is 7.05 Å². The molecular formula is C21H33N7O2S. The maximum atomic E-state index is 13.1. The number of piperazine rings is 1. The van der Waals surface area contributed by atoms with Crippen LogP contribution in [0.25, 0.3) is 0 Å². The number of nitrogens with zero attached hydrogens (tertiary/aromatic N) is 7. The van der Waals surface area contributed by atoms with Crippen LogP contribution in [0.2, 0.25) is 0 Å². The summed E-state index contributed by atoms with van der Waals surface area (Å²) in [6.07, 6.45) is 5.24. The molecule has 2 aromatic rings. The van der Waals surface area contributed by atoms with Gasteiger partial charge in [0.1, 0.15) is 11.6 Å². The van der Waals surface area contributed by atoms with Crippen molar-refractivity contribution in [3.8, 4) is 0 Å². The Morgan fingerprint density at radius 1 is 0.903 bits per heavy atom. The van der Waals surface area contributed by atoms with E-state index in [9.17, 15) is 8.42 Å². The van der Waals surface area contributed by atoms with Gasteiger partial charge in [-0.1, -0.05) is 13.8 Å². The molecule has 2 aliphatic heterocycles. The molecule has 4 rings (SSSR count). The van der Waals surface area contributed by atoms with Gasteiger partial charge in [-0.3, -0.25) is 0 Å². The topological polar surface area (TPSA) is 87.5 Å². The van der Waals surface area contributed by atoms with Crippen LogP contribution in [0, 0.1) is 6.92 Å². The van der Waals surface area contributed by atoms with Crippen molar-refractivity contribution < 1.29 is 8.42 Å². The van der Waals surface area contributed by atoms with Gasteiger partial charge in [-0.25, -0.2) is 18.4 Å². The fraction of sp³-hybridized carbons (Fsp3) is 0.667. The maximum absolute atomic E-state index is 13.1. The molecule has 2 saturated heterocycles. The van der Waals surface area contributed by atoms with Gasteiger partial charge in [-0.05, 0) is 26.2 Å². The predicted octanol–water partition coefficient (Wildman–Crippen LogP) is 2.14. The highest BCUT2D eigenvalue weighted by Gasteiger charge is 2.32. The molecule has 0 radical (unpaired) electrons. The molecule has 4 heterocycles. The first kappa shape index (κ1) is 22.0. The van der Waals surface area contributed by atoms with Crippen molar-refractivity contribution in [3.05, 3.63) is 23.8 Å². The zero-order valence-electron chi connectivity index (χ0n) is 19.0. The van der Waals surface area contributed by atoms with E-state index in [0.717, 1.165) is 36.4 Å². The summed E-state index contributed by atoms with van der Waals surface area (Å²) >= 11 is 0. The highest BCUT2D eigenvalue weighted by atomic mass is 32.2. The number of hydrogen-bond donors (Lipinski definition) is 0. The van der Waals surface area contributed by atoms with E-state index in [1.807, 2.05) is 33.9 Å². The van der Waals surface area contributed by atoms with Gasteiger partial charge in [-0.15, -0.1) is 0 Å². The smallest absolute Gasteiger partial charge is 0.262 e. The monoisotopic (exact) mass is 447 g/mol. The highest BCUT2D eigenvalue weighted by molar-refractivity contribution is 7.89. The zero-order valence-corrected chi connectivity index (χ0v) is 19.8. The standard InChI is InChI=1S/C21H33N7O2S/c1-16(2)20-24-19(15-25(20)4)31(29,30)28-12-10-26(11-13-28)18-14-17(3)22-21(23-18)27-8-6-5-7-9-27/h14-16H,5-13H2,1-4H3. The van der Waals surface area contributed by atoms with Crippen molar-refractivity contribution in [1.82, 2.24) is 23.8 Å². The molecule has 31 heavy (non-hydrogen) atoms. The third-order valence-electron chi connectivity index (χ3n) is 6.04. The van der Waals surface area contributed by atoms with Gasteiger partial charge < -0.3 is 14.4 Å². The molecule has 0 saturated carbocycles. The SMILES string of the molecule is Cc1cc(N2CCN(S(=O)(=O)c3cn(C)c(C(C)C)n3)CC2)nc(N2CCCCC2)n1. The number of aromatic nitrogens is 4. The third-order valence-corrected chi connectivity index (χ3v) is 7.81. The first-order valence-electron chi connectivity index (χ1n) is 11.1. The van der Waals surface area contributed by atoms with Crippen molar-refractivity contribution in [1.29, 1.82) is 0 Å². The minimum absolute atomic E-state index is 0.136. The van der Waals surface area contributed by atoms with Gasteiger partial charge in [-0.2, -0.15) is 9.29 Å². The molecule has 2 aromatic heterocycles. The molecule has 0 spiro atoms. The molecule has 9 nitrogen and oxygen atoms in total. The van der Waals surface area contributed by atoms with Crippen molar-refractivity contribution >= 4 is 21.8 Å². The summed E-state index contributed by atoms with van der Waals surface area (Å²) in [5.74, 6) is 2.62. The average Bonchev–Trinajstić information content (AvgIpc) is 3.17. The lowest BCUT2D eigenvalue weighted by atomic mass is 10.1. The van der Waals surface area contributed by atoms with Crippen LogP contribution in [0.3, 0.4) is 0 Å². The Bertz CT molecular complexity index is 1020. The maximum Gasteiger partial charge on any atom is 0.262 e. The average molecular weight is 448 g/mol. The summed E-state index contributed by atoms with van der Waals surface area (Å²) in [6.45, 7) is 10.0. The Labute approximate surface area is 185 Å². The van der Waals surface area contributed by atoms with Crippen LogP contribution in [0.5, 0.6) is 0 Å². The van der Waals surface area contributed by atoms with E-state index in [2.05, 4.69) is 19.8 Å². The summed E-state index contributed by atoms with van der Waals surface area (Å²) in [7, 11) is -1.76. The molecule has 10 heteroatoms. The predicted molar refractivity (Wildman–Crippen MR) is 121 cm³/mol. The van der Waals surface area contributed by atoms with Gasteiger partial charge in [0.25, 0.3) is 10.0 Å². The Kier molecular flexibility index (Phi) is 6.20. The summed E-state index contributed by atoms with van der Waals surface area (Å²) < 4.78 is 29.6. The van der Waals surface area contributed by atoms with E-state index < -0.39 is 10.0 Å². The van der Waals surface area contributed by atoms with Crippen LogP contribution in [-0.2, 0) is 17.1 Å². The number of sulfonamides is 1. The summed E-state index contributed by atoms with van der Waals surface area (Å²) in [5.41, 5.74) is 0.940. The third kappa shape index (κ3) is 4.55. The van der Waals surface area contributed by atoms with Crippen LogP contribution in [0.1, 0.15) is 50.5 Å². The summed E-state index contributed by atoms with van der Waals surface area (Å²) in [4.78, 5) is 18.3. The number of imidazole rings is 1. The number of piperidine rings is 1. The van der Waals surface area contributed by atoms with Crippen LogP contribution >= 0.6 is 0 Å². The van der Waals surface area contributed by atoms with E-state index in [-0.39, 0.29) is 10.9 Å². The number of hydrogen-bond acceptors (Lipinski definition) is 7. The van der Waals surface area contributed by atoms with Crippen LogP contribution < -0.4 is 9.80 Å². The molecule has 0 atom stereocenters. The summed E-state index contributed by atoms with van der Waals surface area (Å²) in [5, 5.41) is 0.136. The van der Waals surface area contributed by atoms with Gasteiger partial charge in [0.2, 0.25) is 5.95 Å². The molecule has 0 unspecified atom stereocenters.